The average molecular weight is 241 g/mol. The molecule has 1 atom stereocenters. The fourth-order valence-electron chi connectivity index (χ4n) is 2.20. The van der Waals surface area contributed by atoms with Gasteiger partial charge in [-0.15, -0.1) is 0 Å². The minimum absolute atomic E-state index is 0.0421. The van der Waals surface area contributed by atoms with E-state index in [2.05, 4.69) is 10.6 Å². The molecule has 0 aromatic carbocycles. The molecule has 5 heteroatoms. The zero-order valence-electron chi connectivity index (χ0n) is 11.0. The summed E-state index contributed by atoms with van der Waals surface area (Å²) < 4.78 is 0. The number of rotatable bonds is 5. The number of likely N-dealkylation sites (N-methyl/N-ethyl adjacent to an activating group) is 1. The first kappa shape index (κ1) is 14.0. The largest absolute Gasteiger partial charge is 0.358 e. The van der Waals surface area contributed by atoms with E-state index in [0.29, 0.717) is 6.54 Å². The number of nitrogens with zero attached hydrogens (tertiary/aromatic N) is 1. The van der Waals surface area contributed by atoms with E-state index in [1.807, 2.05) is 13.8 Å². The lowest BCUT2D eigenvalue weighted by molar-refractivity contribution is -0.140. The molecule has 1 aliphatic heterocycles. The quantitative estimate of drug-likeness (QED) is 0.718. The molecule has 0 spiro atoms. The fraction of sp³-hybridized carbons (Fsp3) is 0.833. The van der Waals surface area contributed by atoms with Crippen molar-refractivity contribution in [2.75, 3.05) is 26.7 Å². The molecule has 0 radical (unpaired) electrons. The van der Waals surface area contributed by atoms with Gasteiger partial charge in [0.25, 0.3) is 0 Å². The van der Waals surface area contributed by atoms with Crippen LogP contribution in [0.15, 0.2) is 0 Å². The maximum atomic E-state index is 12.4. The number of hydrogen-bond donors (Lipinski definition) is 2. The Morgan fingerprint density at radius 1 is 1.47 bits per heavy atom. The van der Waals surface area contributed by atoms with Gasteiger partial charge in [-0.25, -0.2) is 0 Å². The van der Waals surface area contributed by atoms with Gasteiger partial charge < -0.3 is 15.5 Å². The van der Waals surface area contributed by atoms with Crippen LogP contribution in [0.3, 0.4) is 0 Å². The SMILES string of the molecule is CCCN(CC(=O)NC)C(=O)C1(C)CCCN1. The molecule has 0 aliphatic carbocycles. The van der Waals surface area contributed by atoms with E-state index in [0.717, 1.165) is 25.8 Å². The molecule has 1 aliphatic rings. The van der Waals surface area contributed by atoms with Crippen molar-refractivity contribution < 1.29 is 9.59 Å². The standard InChI is InChI=1S/C12H23N3O2/c1-4-8-15(9-10(16)13-3)11(17)12(2)6-5-7-14-12/h14H,4-9H2,1-3H3,(H,13,16). The second-order valence-electron chi connectivity index (χ2n) is 4.76. The lowest BCUT2D eigenvalue weighted by Gasteiger charge is -2.31. The Bertz CT molecular complexity index is 285. The van der Waals surface area contributed by atoms with Gasteiger partial charge in [0.05, 0.1) is 12.1 Å². The summed E-state index contributed by atoms with van der Waals surface area (Å²) in [7, 11) is 1.59. The third-order valence-electron chi connectivity index (χ3n) is 3.23. The summed E-state index contributed by atoms with van der Waals surface area (Å²) in [5.41, 5.74) is -0.483. The number of hydrogen-bond acceptors (Lipinski definition) is 3. The summed E-state index contributed by atoms with van der Waals surface area (Å²) in [6, 6.07) is 0. The molecule has 2 N–H and O–H groups in total. The zero-order valence-corrected chi connectivity index (χ0v) is 11.0. The highest BCUT2D eigenvalue weighted by Gasteiger charge is 2.38. The van der Waals surface area contributed by atoms with Gasteiger partial charge in [-0.2, -0.15) is 0 Å². The van der Waals surface area contributed by atoms with Gasteiger partial charge in [0, 0.05) is 13.6 Å². The number of nitrogens with one attached hydrogen (secondary N) is 2. The van der Waals surface area contributed by atoms with Crippen molar-refractivity contribution in [3.63, 3.8) is 0 Å². The molecule has 5 nitrogen and oxygen atoms in total. The molecule has 98 valence electrons. The summed E-state index contributed by atoms with van der Waals surface area (Å²) in [4.78, 5) is 25.4. The van der Waals surface area contributed by atoms with Gasteiger partial charge in [-0.05, 0) is 32.7 Å². The van der Waals surface area contributed by atoms with E-state index in [9.17, 15) is 9.59 Å². The first-order valence-corrected chi connectivity index (χ1v) is 6.28. The van der Waals surface area contributed by atoms with Crippen LogP contribution in [0, 0.1) is 0 Å². The number of amides is 2. The Kier molecular flexibility index (Phi) is 4.93. The Labute approximate surface area is 103 Å². The monoisotopic (exact) mass is 241 g/mol. The molecule has 0 bridgehead atoms. The van der Waals surface area contributed by atoms with Crippen molar-refractivity contribution in [1.29, 1.82) is 0 Å². The maximum Gasteiger partial charge on any atom is 0.243 e. The van der Waals surface area contributed by atoms with Crippen molar-refractivity contribution >= 4 is 11.8 Å². The van der Waals surface area contributed by atoms with Crippen LogP contribution in [-0.4, -0.2) is 48.9 Å². The third-order valence-corrected chi connectivity index (χ3v) is 3.23. The molecular weight excluding hydrogens is 218 g/mol. The molecule has 17 heavy (non-hydrogen) atoms. The van der Waals surface area contributed by atoms with Crippen LogP contribution in [-0.2, 0) is 9.59 Å². The van der Waals surface area contributed by atoms with Crippen LogP contribution in [0.25, 0.3) is 0 Å². The predicted octanol–water partition coefficient (Wildman–Crippen LogP) is 0.113. The normalized spacial score (nSPS) is 23.5. The number of carbonyl (C=O) groups excluding carboxylic acids is 2. The van der Waals surface area contributed by atoms with Gasteiger partial charge in [0.1, 0.15) is 0 Å². The average Bonchev–Trinajstić information content (AvgIpc) is 2.75. The van der Waals surface area contributed by atoms with Crippen molar-refractivity contribution in [1.82, 2.24) is 15.5 Å². The van der Waals surface area contributed by atoms with E-state index < -0.39 is 5.54 Å². The van der Waals surface area contributed by atoms with Crippen LogP contribution in [0.5, 0.6) is 0 Å². The third kappa shape index (κ3) is 3.43. The minimum Gasteiger partial charge on any atom is -0.358 e. The van der Waals surface area contributed by atoms with Crippen LogP contribution in [0.1, 0.15) is 33.1 Å². The highest BCUT2D eigenvalue weighted by atomic mass is 16.2. The number of carbonyl (C=O) groups is 2. The Balaban J connectivity index is 2.68. The molecule has 1 heterocycles. The Hall–Kier alpha value is -1.10. The van der Waals surface area contributed by atoms with Gasteiger partial charge >= 0.3 is 0 Å². The maximum absolute atomic E-state index is 12.4. The lowest BCUT2D eigenvalue weighted by Crippen LogP contribution is -2.54. The van der Waals surface area contributed by atoms with Crippen molar-refractivity contribution in [3.8, 4) is 0 Å². The first-order chi connectivity index (χ1) is 8.03. The van der Waals surface area contributed by atoms with Gasteiger partial charge in [0.2, 0.25) is 11.8 Å². The molecule has 0 aromatic heterocycles. The molecular formula is C12H23N3O2. The van der Waals surface area contributed by atoms with Crippen LogP contribution < -0.4 is 10.6 Å². The van der Waals surface area contributed by atoms with E-state index in [1.54, 1.807) is 11.9 Å². The van der Waals surface area contributed by atoms with Crippen LogP contribution in [0.2, 0.25) is 0 Å². The van der Waals surface area contributed by atoms with Crippen LogP contribution >= 0.6 is 0 Å². The Morgan fingerprint density at radius 3 is 2.65 bits per heavy atom. The summed E-state index contributed by atoms with van der Waals surface area (Å²) in [6.07, 6.45) is 2.72. The molecule has 1 rings (SSSR count). The van der Waals surface area contributed by atoms with E-state index >= 15 is 0 Å². The summed E-state index contributed by atoms with van der Waals surface area (Å²) >= 11 is 0. The molecule has 2 amide bonds. The van der Waals surface area contributed by atoms with E-state index in [1.165, 1.54) is 0 Å². The Morgan fingerprint density at radius 2 is 2.18 bits per heavy atom. The van der Waals surface area contributed by atoms with Gasteiger partial charge in [-0.3, -0.25) is 9.59 Å². The van der Waals surface area contributed by atoms with Crippen molar-refractivity contribution in [3.05, 3.63) is 0 Å². The fourth-order valence-corrected chi connectivity index (χ4v) is 2.20. The smallest absolute Gasteiger partial charge is 0.243 e. The zero-order chi connectivity index (χ0) is 12.9. The summed E-state index contributed by atoms with van der Waals surface area (Å²) in [5.74, 6) is -0.0751. The topological polar surface area (TPSA) is 61.4 Å². The summed E-state index contributed by atoms with van der Waals surface area (Å²) in [5, 5.41) is 5.80. The highest BCUT2D eigenvalue weighted by molar-refractivity contribution is 5.90. The van der Waals surface area contributed by atoms with E-state index in [4.69, 9.17) is 0 Å². The first-order valence-electron chi connectivity index (χ1n) is 6.28. The second-order valence-corrected chi connectivity index (χ2v) is 4.76. The van der Waals surface area contributed by atoms with Gasteiger partial charge in [-0.1, -0.05) is 6.92 Å². The molecule has 0 aromatic rings. The van der Waals surface area contributed by atoms with Crippen molar-refractivity contribution in [2.45, 2.75) is 38.6 Å². The highest BCUT2D eigenvalue weighted by Crippen LogP contribution is 2.21. The van der Waals surface area contributed by atoms with Gasteiger partial charge in [0.15, 0.2) is 0 Å². The minimum atomic E-state index is -0.483. The molecule has 1 saturated heterocycles. The van der Waals surface area contributed by atoms with E-state index in [-0.39, 0.29) is 18.4 Å². The summed E-state index contributed by atoms with van der Waals surface area (Å²) in [6.45, 7) is 5.59. The molecule has 1 unspecified atom stereocenters. The second kappa shape index (κ2) is 6.00. The van der Waals surface area contributed by atoms with Crippen LogP contribution in [0.4, 0.5) is 0 Å². The predicted molar refractivity (Wildman–Crippen MR) is 66.6 cm³/mol. The molecule has 0 saturated carbocycles. The van der Waals surface area contributed by atoms with Crippen molar-refractivity contribution in [2.24, 2.45) is 0 Å². The lowest BCUT2D eigenvalue weighted by atomic mass is 9.98. The molecule has 1 fully saturated rings.